The van der Waals surface area contributed by atoms with Crippen LogP contribution in [0.15, 0.2) is 60.7 Å². The van der Waals surface area contributed by atoms with E-state index in [1.807, 2.05) is 33.8 Å². The second kappa shape index (κ2) is 12.0. The summed E-state index contributed by atoms with van der Waals surface area (Å²) in [6.07, 6.45) is -0.909. The molecule has 7 nitrogen and oxygen atoms in total. The van der Waals surface area contributed by atoms with Crippen LogP contribution in [0.1, 0.15) is 59.6 Å². The van der Waals surface area contributed by atoms with Crippen LogP contribution in [0.5, 0.6) is 0 Å². The lowest BCUT2D eigenvalue weighted by atomic mass is 9.82. The third-order valence-electron chi connectivity index (χ3n) is 9.34. The fourth-order valence-corrected chi connectivity index (χ4v) is 7.06. The first kappa shape index (κ1) is 31.8. The Kier molecular flexibility index (Phi) is 9.12. The van der Waals surface area contributed by atoms with Crippen molar-refractivity contribution in [2.45, 2.75) is 128 Å². The fraction of sp³-hybridized carbons (Fsp3) is 0.647. The summed E-state index contributed by atoms with van der Waals surface area (Å²) >= 11 is 0. The summed E-state index contributed by atoms with van der Waals surface area (Å²) in [6.45, 7) is 21.7. The van der Waals surface area contributed by atoms with E-state index in [0.29, 0.717) is 19.8 Å². The van der Waals surface area contributed by atoms with Crippen molar-refractivity contribution in [3.63, 3.8) is 0 Å². The maximum absolute atomic E-state index is 6.85. The molecule has 3 fully saturated rings. The van der Waals surface area contributed by atoms with Crippen molar-refractivity contribution >= 4 is 8.32 Å². The molecule has 2 aromatic carbocycles. The topological polar surface area (TPSA) is 58.6 Å². The number of likely N-dealkylation sites (tertiary alicyclic amines) is 1. The zero-order valence-electron chi connectivity index (χ0n) is 27.0. The number of benzene rings is 2. The van der Waals surface area contributed by atoms with Crippen LogP contribution in [-0.4, -0.2) is 74.5 Å². The summed E-state index contributed by atoms with van der Waals surface area (Å²) in [7, 11) is -1.99. The summed E-state index contributed by atoms with van der Waals surface area (Å²) in [5.41, 5.74) is 2.40. The molecule has 232 valence electrons. The summed E-state index contributed by atoms with van der Waals surface area (Å²) in [5.74, 6) is -1.41. The SMILES string of the molecule is CC1(C)O[C@H]([C@H]2[C@@H](OCc3ccccc3)[C@H](CO[Si](C)(C)C(C)(C)C)N2Cc2ccccc2)[C@@H]([C@H]2COC(C)(C)O2)O1. The van der Waals surface area contributed by atoms with E-state index in [1.54, 1.807) is 0 Å². The molecule has 0 aromatic heterocycles. The zero-order valence-corrected chi connectivity index (χ0v) is 28.0. The highest BCUT2D eigenvalue weighted by molar-refractivity contribution is 6.74. The van der Waals surface area contributed by atoms with Gasteiger partial charge in [-0.15, -0.1) is 0 Å². The van der Waals surface area contributed by atoms with Crippen molar-refractivity contribution in [3.05, 3.63) is 71.8 Å². The average molecular weight is 598 g/mol. The number of rotatable bonds is 10. The van der Waals surface area contributed by atoms with Crippen LogP contribution in [0, 0.1) is 0 Å². The third kappa shape index (κ3) is 7.02. The first-order valence-electron chi connectivity index (χ1n) is 15.4. The van der Waals surface area contributed by atoms with Gasteiger partial charge in [0.1, 0.15) is 18.3 Å². The number of nitrogens with zero attached hydrogens (tertiary/aromatic N) is 1. The largest absolute Gasteiger partial charge is 0.415 e. The van der Waals surface area contributed by atoms with E-state index >= 15 is 0 Å². The quantitative estimate of drug-likeness (QED) is 0.289. The van der Waals surface area contributed by atoms with E-state index < -0.39 is 19.9 Å². The molecule has 0 unspecified atom stereocenters. The molecule has 5 rings (SSSR count). The molecule has 42 heavy (non-hydrogen) atoms. The second-order valence-electron chi connectivity index (χ2n) is 14.5. The first-order valence-corrected chi connectivity index (χ1v) is 18.3. The summed E-state index contributed by atoms with van der Waals surface area (Å²) in [6, 6.07) is 21.0. The minimum atomic E-state index is -1.99. The fourth-order valence-electron chi connectivity index (χ4n) is 6.04. The van der Waals surface area contributed by atoms with Gasteiger partial charge >= 0.3 is 0 Å². The van der Waals surface area contributed by atoms with Crippen LogP contribution in [0.2, 0.25) is 18.1 Å². The molecule has 8 heteroatoms. The predicted octanol–water partition coefficient (Wildman–Crippen LogP) is 6.52. The molecule has 2 aromatic rings. The van der Waals surface area contributed by atoms with Gasteiger partial charge in [0.15, 0.2) is 19.9 Å². The molecule has 0 bridgehead atoms. The number of hydrogen-bond acceptors (Lipinski definition) is 7. The first-order chi connectivity index (χ1) is 19.7. The summed E-state index contributed by atoms with van der Waals surface area (Å²) in [5, 5.41) is 0.116. The molecule has 3 heterocycles. The van der Waals surface area contributed by atoms with Gasteiger partial charge in [-0.1, -0.05) is 81.4 Å². The van der Waals surface area contributed by atoms with Gasteiger partial charge in [0, 0.05) is 6.54 Å². The lowest BCUT2D eigenvalue weighted by Crippen LogP contribution is -2.75. The van der Waals surface area contributed by atoms with Gasteiger partial charge in [-0.2, -0.15) is 0 Å². The highest BCUT2D eigenvalue weighted by atomic mass is 28.4. The van der Waals surface area contributed by atoms with Gasteiger partial charge in [0.05, 0.1) is 38.0 Å². The maximum Gasteiger partial charge on any atom is 0.192 e. The van der Waals surface area contributed by atoms with E-state index in [-0.39, 0.29) is 41.5 Å². The minimum absolute atomic E-state index is 0.0546. The van der Waals surface area contributed by atoms with Crippen LogP contribution >= 0.6 is 0 Å². The Balaban J connectivity index is 1.47. The highest BCUT2D eigenvalue weighted by Gasteiger charge is 2.61. The lowest BCUT2D eigenvalue weighted by molar-refractivity contribution is -0.218. The van der Waals surface area contributed by atoms with Crippen LogP contribution in [-0.2, 0) is 41.3 Å². The van der Waals surface area contributed by atoms with Crippen LogP contribution in [0.25, 0.3) is 0 Å². The summed E-state index contributed by atoms with van der Waals surface area (Å²) < 4.78 is 39.3. The van der Waals surface area contributed by atoms with E-state index in [4.69, 9.17) is 28.1 Å². The molecule has 3 saturated heterocycles. The number of hydrogen-bond donors (Lipinski definition) is 0. The monoisotopic (exact) mass is 597 g/mol. The Bertz CT molecular complexity index is 1170. The minimum Gasteiger partial charge on any atom is -0.415 e. The Morgan fingerprint density at radius 2 is 1.43 bits per heavy atom. The van der Waals surface area contributed by atoms with Crippen molar-refractivity contribution in [3.8, 4) is 0 Å². The van der Waals surface area contributed by atoms with E-state index in [0.717, 1.165) is 12.1 Å². The Morgan fingerprint density at radius 1 is 0.833 bits per heavy atom. The zero-order chi connectivity index (χ0) is 30.3. The van der Waals surface area contributed by atoms with Crippen LogP contribution in [0.4, 0.5) is 0 Å². The normalized spacial score (nSPS) is 31.3. The van der Waals surface area contributed by atoms with Crippen molar-refractivity contribution < 1.29 is 28.1 Å². The third-order valence-corrected chi connectivity index (χ3v) is 13.8. The van der Waals surface area contributed by atoms with Gasteiger partial charge < -0.3 is 28.1 Å². The lowest BCUT2D eigenvalue weighted by Gasteiger charge is -2.57. The van der Waals surface area contributed by atoms with Gasteiger partial charge in [0.2, 0.25) is 0 Å². The van der Waals surface area contributed by atoms with Gasteiger partial charge in [-0.3, -0.25) is 4.90 Å². The van der Waals surface area contributed by atoms with E-state index in [9.17, 15) is 0 Å². The molecule has 3 aliphatic rings. The van der Waals surface area contributed by atoms with Gasteiger partial charge in [-0.05, 0) is 57.0 Å². The van der Waals surface area contributed by atoms with Crippen molar-refractivity contribution in [2.75, 3.05) is 13.2 Å². The molecular weight excluding hydrogens is 546 g/mol. The van der Waals surface area contributed by atoms with E-state index in [2.05, 4.69) is 93.4 Å². The average Bonchev–Trinajstić information content (AvgIpc) is 3.43. The Labute approximate surface area is 253 Å². The second-order valence-corrected chi connectivity index (χ2v) is 19.3. The molecule has 0 amide bonds. The van der Waals surface area contributed by atoms with Crippen LogP contribution in [0.3, 0.4) is 0 Å². The maximum atomic E-state index is 6.85. The van der Waals surface area contributed by atoms with Gasteiger partial charge in [0.25, 0.3) is 0 Å². The Hall–Kier alpha value is -1.62. The standard InChI is InChI=1S/C34H51NO6Si/c1-32(2,3)42(8,9)38-22-26-29(36-21-25-18-14-11-15-19-25)28(35(26)20-24-16-12-10-13-17-24)31-30(40-34(6,7)41-31)27-23-37-33(4,5)39-27/h10-19,26-31H,20-23H2,1-9H3/t26-,27+,28+,29-,30+,31+/m0/s1. The summed E-state index contributed by atoms with van der Waals surface area (Å²) in [4.78, 5) is 2.52. The van der Waals surface area contributed by atoms with Crippen molar-refractivity contribution in [1.29, 1.82) is 0 Å². The molecule has 0 radical (unpaired) electrons. The molecular formula is C34H51NO6Si. The molecule has 0 aliphatic carbocycles. The van der Waals surface area contributed by atoms with E-state index in [1.165, 1.54) is 5.56 Å². The number of ether oxygens (including phenoxy) is 5. The van der Waals surface area contributed by atoms with Crippen molar-refractivity contribution in [1.82, 2.24) is 4.90 Å². The smallest absolute Gasteiger partial charge is 0.192 e. The Morgan fingerprint density at radius 3 is 2.00 bits per heavy atom. The molecule has 0 N–H and O–H groups in total. The molecule has 0 saturated carbocycles. The predicted molar refractivity (Wildman–Crippen MR) is 166 cm³/mol. The van der Waals surface area contributed by atoms with Crippen LogP contribution < -0.4 is 0 Å². The van der Waals surface area contributed by atoms with Gasteiger partial charge in [-0.25, -0.2) is 0 Å². The molecule has 0 spiro atoms. The molecule has 3 aliphatic heterocycles. The van der Waals surface area contributed by atoms with Crippen molar-refractivity contribution in [2.24, 2.45) is 0 Å². The molecule has 6 atom stereocenters. The highest BCUT2D eigenvalue weighted by Crippen LogP contribution is 2.45.